The van der Waals surface area contributed by atoms with Crippen LogP contribution in [0.1, 0.15) is 27.3 Å². The van der Waals surface area contributed by atoms with Gasteiger partial charge in [0.05, 0.1) is 27.3 Å². The Morgan fingerprint density at radius 3 is 2.65 bits per heavy atom. The van der Waals surface area contributed by atoms with Gasteiger partial charge < -0.3 is 14.8 Å². The molecule has 3 amide bonds. The van der Waals surface area contributed by atoms with Gasteiger partial charge in [0.15, 0.2) is 11.5 Å². The molecule has 0 saturated carbocycles. The Hall–Kier alpha value is -3.92. The molecule has 2 aromatic carbocycles. The summed E-state index contributed by atoms with van der Waals surface area (Å²) in [6, 6.07) is 10.4. The first-order valence-electron chi connectivity index (χ1n) is 10.6. The van der Waals surface area contributed by atoms with E-state index in [9.17, 15) is 14.4 Å². The molecule has 0 atom stereocenters. The van der Waals surface area contributed by atoms with Gasteiger partial charge >= 0.3 is 0 Å². The first-order valence-corrected chi connectivity index (χ1v) is 11.4. The van der Waals surface area contributed by atoms with E-state index < -0.39 is 5.91 Å². The number of thioether (sulfide) groups is 1. The summed E-state index contributed by atoms with van der Waals surface area (Å²) >= 11 is 0.868. The first kappa shape index (κ1) is 21.9. The predicted octanol–water partition coefficient (Wildman–Crippen LogP) is 3.44. The van der Waals surface area contributed by atoms with Gasteiger partial charge in [-0.05, 0) is 67.6 Å². The fraction of sp³-hybridized carbons (Fsp3) is 0.208. The zero-order chi connectivity index (χ0) is 23.8. The molecule has 2 aliphatic heterocycles. The van der Waals surface area contributed by atoms with Crippen molar-refractivity contribution in [2.75, 3.05) is 19.9 Å². The number of hydrogen-bond donors (Lipinski definition) is 1. The zero-order valence-electron chi connectivity index (χ0n) is 18.5. The number of carbonyl (C=O) groups excluding carboxylic acids is 3. The summed E-state index contributed by atoms with van der Waals surface area (Å²) in [6.07, 6.45) is 1.64. The van der Waals surface area contributed by atoms with Crippen molar-refractivity contribution in [3.05, 3.63) is 63.8 Å². The number of hydrogen-bond acceptors (Lipinski definition) is 8. The predicted molar refractivity (Wildman–Crippen MR) is 127 cm³/mol. The molecular formula is C24H20N4O5S. The summed E-state index contributed by atoms with van der Waals surface area (Å²) in [6.45, 7) is 4.11. The third kappa shape index (κ3) is 4.19. The van der Waals surface area contributed by atoms with E-state index in [1.165, 1.54) is 0 Å². The van der Waals surface area contributed by atoms with E-state index >= 15 is 0 Å². The molecule has 3 heterocycles. The second kappa shape index (κ2) is 8.79. The van der Waals surface area contributed by atoms with Crippen LogP contribution in [0.15, 0.2) is 41.3 Å². The maximum atomic E-state index is 12.7. The molecule has 2 aliphatic rings. The van der Waals surface area contributed by atoms with E-state index in [0.717, 1.165) is 33.6 Å². The summed E-state index contributed by atoms with van der Waals surface area (Å²) in [7, 11) is 0. The Morgan fingerprint density at radius 1 is 1.06 bits per heavy atom. The highest BCUT2D eigenvalue weighted by atomic mass is 32.2. The zero-order valence-corrected chi connectivity index (χ0v) is 19.3. The van der Waals surface area contributed by atoms with Gasteiger partial charge in [-0.1, -0.05) is 6.07 Å². The van der Waals surface area contributed by atoms with Crippen LogP contribution in [-0.2, 0) is 4.79 Å². The van der Waals surface area contributed by atoms with Gasteiger partial charge in [0.25, 0.3) is 17.1 Å². The Bertz CT molecular complexity index is 1390. The number of benzene rings is 2. The molecule has 0 radical (unpaired) electrons. The third-order valence-electron chi connectivity index (χ3n) is 5.53. The second-order valence-corrected chi connectivity index (χ2v) is 8.79. The van der Waals surface area contributed by atoms with Crippen LogP contribution < -0.4 is 14.8 Å². The smallest absolute Gasteiger partial charge is 0.293 e. The number of aromatic nitrogens is 2. The van der Waals surface area contributed by atoms with E-state index in [1.54, 1.807) is 42.5 Å². The Balaban J connectivity index is 1.22. The molecule has 0 aliphatic carbocycles. The molecule has 5 rings (SSSR count). The lowest BCUT2D eigenvalue weighted by molar-refractivity contribution is -0.122. The lowest BCUT2D eigenvalue weighted by Gasteiger charge is -2.13. The molecule has 1 aromatic heterocycles. The Morgan fingerprint density at radius 2 is 1.82 bits per heavy atom. The minimum Gasteiger partial charge on any atom is -0.454 e. The maximum Gasteiger partial charge on any atom is 0.293 e. The van der Waals surface area contributed by atoms with Crippen molar-refractivity contribution in [3.63, 3.8) is 0 Å². The fourth-order valence-electron chi connectivity index (χ4n) is 3.60. The molecule has 34 heavy (non-hydrogen) atoms. The lowest BCUT2D eigenvalue weighted by atomic mass is 10.1. The standard InChI is InChI=1S/C24H20N4O5S/c1-13-14(2)27-18-11-16(4-5-17(18)26-13)22(29)25-7-8-28-23(30)21(34-24(28)31)10-15-3-6-19-20(9-15)33-12-32-19/h3-6,9-11H,7-8,12H2,1-2H3,(H,25,29)/b21-10+. The molecule has 0 bridgehead atoms. The average molecular weight is 477 g/mol. The van der Waals surface area contributed by atoms with Crippen LogP contribution in [0.3, 0.4) is 0 Å². The van der Waals surface area contributed by atoms with Crippen LogP contribution in [0.5, 0.6) is 11.5 Å². The van der Waals surface area contributed by atoms with Gasteiger partial charge in [-0.25, -0.2) is 9.97 Å². The number of imide groups is 1. The van der Waals surface area contributed by atoms with Gasteiger partial charge in [-0.2, -0.15) is 0 Å². The van der Waals surface area contributed by atoms with E-state index in [4.69, 9.17) is 9.47 Å². The SMILES string of the molecule is Cc1nc2ccc(C(=O)NCCN3C(=O)S/C(=C/c4ccc5c(c4)OCO5)C3=O)cc2nc1C. The van der Waals surface area contributed by atoms with Gasteiger partial charge in [0, 0.05) is 18.7 Å². The number of nitrogens with zero attached hydrogens (tertiary/aromatic N) is 3. The molecule has 9 nitrogen and oxygen atoms in total. The van der Waals surface area contributed by atoms with Crippen molar-refractivity contribution < 1.29 is 23.9 Å². The highest BCUT2D eigenvalue weighted by molar-refractivity contribution is 8.18. The summed E-state index contributed by atoms with van der Waals surface area (Å²) < 4.78 is 10.6. The van der Waals surface area contributed by atoms with Crippen molar-refractivity contribution in [2.45, 2.75) is 13.8 Å². The highest BCUT2D eigenvalue weighted by Crippen LogP contribution is 2.36. The van der Waals surface area contributed by atoms with Crippen LogP contribution >= 0.6 is 11.8 Å². The van der Waals surface area contributed by atoms with E-state index in [-0.39, 0.29) is 31.0 Å². The quantitative estimate of drug-likeness (QED) is 0.558. The van der Waals surface area contributed by atoms with Gasteiger partial charge in [-0.15, -0.1) is 0 Å². The molecule has 1 N–H and O–H groups in total. The largest absolute Gasteiger partial charge is 0.454 e. The van der Waals surface area contributed by atoms with Crippen molar-refractivity contribution in [1.82, 2.24) is 20.2 Å². The normalized spacial score (nSPS) is 16.1. The number of rotatable bonds is 5. The third-order valence-corrected chi connectivity index (χ3v) is 6.43. The van der Waals surface area contributed by atoms with Crippen LogP contribution in [-0.4, -0.2) is 51.8 Å². The van der Waals surface area contributed by atoms with Gasteiger partial charge in [0.2, 0.25) is 6.79 Å². The molecule has 0 unspecified atom stereocenters. The van der Waals surface area contributed by atoms with Crippen LogP contribution in [0, 0.1) is 13.8 Å². The maximum absolute atomic E-state index is 12.7. The Kier molecular flexibility index (Phi) is 5.66. The molecule has 1 saturated heterocycles. The summed E-state index contributed by atoms with van der Waals surface area (Å²) in [4.78, 5) is 48.1. The van der Waals surface area contributed by atoms with Crippen molar-refractivity contribution >= 4 is 45.9 Å². The minimum atomic E-state index is -0.395. The average Bonchev–Trinajstić information content (AvgIpc) is 3.38. The molecule has 3 aromatic rings. The molecule has 0 spiro atoms. The summed E-state index contributed by atoms with van der Waals surface area (Å²) in [5, 5.41) is 2.38. The molecule has 1 fully saturated rings. The highest BCUT2D eigenvalue weighted by Gasteiger charge is 2.34. The van der Waals surface area contributed by atoms with Crippen LogP contribution in [0.25, 0.3) is 17.1 Å². The fourth-order valence-corrected chi connectivity index (χ4v) is 4.47. The number of carbonyl (C=O) groups is 3. The molecule has 172 valence electrons. The van der Waals surface area contributed by atoms with Crippen molar-refractivity contribution in [1.29, 1.82) is 0 Å². The number of ether oxygens (including phenoxy) is 2. The lowest BCUT2D eigenvalue weighted by Crippen LogP contribution is -2.37. The molecular weight excluding hydrogens is 456 g/mol. The Labute approximate surface area is 199 Å². The monoisotopic (exact) mass is 476 g/mol. The van der Waals surface area contributed by atoms with E-state index in [2.05, 4.69) is 15.3 Å². The minimum absolute atomic E-state index is 0.0700. The van der Waals surface area contributed by atoms with Crippen LogP contribution in [0.2, 0.25) is 0 Å². The summed E-state index contributed by atoms with van der Waals surface area (Å²) in [5.74, 6) is 0.531. The van der Waals surface area contributed by atoms with E-state index in [1.807, 2.05) is 13.8 Å². The topological polar surface area (TPSA) is 111 Å². The second-order valence-electron chi connectivity index (χ2n) is 7.80. The van der Waals surface area contributed by atoms with Gasteiger partial charge in [-0.3, -0.25) is 19.3 Å². The molecule has 10 heteroatoms. The van der Waals surface area contributed by atoms with Gasteiger partial charge in [0.1, 0.15) is 0 Å². The first-order chi connectivity index (χ1) is 16.4. The van der Waals surface area contributed by atoms with Crippen molar-refractivity contribution in [3.8, 4) is 11.5 Å². The van der Waals surface area contributed by atoms with E-state index in [0.29, 0.717) is 33.0 Å². The number of amides is 3. The number of fused-ring (bicyclic) bond motifs is 2. The number of aryl methyl sites for hydroxylation is 2. The van der Waals surface area contributed by atoms with Crippen LogP contribution in [0.4, 0.5) is 4.79 Å². The summed E-state index contributed by atoms with van der Waals surface area (Å²) in [5.41, 5.74) is 4.16. The number of nitrogens with one attached hydrogen (secondary N) is 1. The van der Waals surface area contributed by atoms with Crippen molar-refractivity contribution in [2.24, 2.45) is 0 Å².